The predicted octanol–water partition coefficient (Wildman–Crippen LogP) is 2.10. The largest absolute Gasteiger partial charge is 0.478 e. The molecule has 0 unspecified atom stereocenters. The molecule has 1 rings (SSSR count). The van der Waals surface area contributed by atoms with Crippen molar-refractivity contribution >= 4 is 28.8 Å². The summed E-state index contributed by atoms with van der Waals surface area (Å²) in [6.45, 7) is 1.47. The van der Waals surface area contributed by atoms with Gasteiger partial charge in [0, 0.05) is 24.7 Å². The van der Waals surface area contributed by atoms with Gasteiger partial charge in [-0.1, -0.05) is 23.6 Å². The van der Waals surface area contributed by atoms with E-state index in [0.717, 1.165) is 17.8 Å². The van der Waals surface area contributed by atoms with Crippen LogP contribution in [0.1, 0.15) is 39.6 Å². The molecule has 20 heavy (non-hydrogen) atoms. The van der Waals surface area contributed by atoms with Gasteiger partial charge in [-0.2, -0.15) is 0 Å². The summed E-state index contributed by atoms with van der Waals surface area (Å²) in [5, 5.41) is 17.8. The minimum Gasteiger partial charge on any atom is -0.478 e. The normalized spacial score (nSPS) is 9.45. The first-order chi connectivity index (χ1) is 9.40. The molecular formula is C14H12O5S. The van der Waals surface area contributed by atoms with Crippen LogP contribution in [0.2, 0.25) is 0 Å². The number of carboxylic acids is 2. The fourth-order valence-corrected chi connectivity index (χ4v) is 1.85. The molecule has 0 aromatic heterocycles. The van der Waals surface area contributed by atoms with Gasteiger partial charge in [0.25, 0.3) is 0 Å². The number of hydrogen-bond donors (Lipinski definition) is 2. The third-order valence-electron chi connectivity index (χ3n) is 2.19. The summed E-state index contributed by atoms with van der Waals surface area (Å²) in [5.41, 5.74) is 0.0924. The zero-order valence-electron chi connectivity index (χ0n) is 10.7. The highest BCUT2D eigenvalue weighted by molar-refractivity contribution is 8.13. The van der Waals surface area contributed by atoms with Crippen molar-refractivity contribution in [2.45, 2.75) is 13.3 Å². The molecule has 0 aliphatic heterocycles. The average Bonchev–Trinajstić information content (AvgIpc) is 2.37. The van der Waals surface area contributed by atoms with Crippen LogP contribution in [0.5, 0.6) is 0 Å². The molecule has 104 valence electrons. The first kappa shape index (κ1) is 15.8. The van der Waals surface area contributed by atoms with E-state index >= 15 is 0 Å². The van der Waals surface area contributed by atoms with Gasteiger partial charge in [-0.15, -0.1) is 0 Å². The van der Waals surface area contributed by atoms with Crippen LogP contribution in [0.25, 0.3) is 0 Å². The van der Waals surface area contributed by atoms with Gasteiger partial charge in [0.1, 0.15) is 0 Å². The van der Waals surface area contributed by atoms with Crippen LogP contribution in [0.3, 0.4) is 0 Å². The van der Waals surface area contributed by atoms with Gasteiger partial charge in [0.05, 0.1) is 11.1 Å². The molecule has 0 radical (unpaired) electrons. The third kappa shape index (κ3) is 5.16. The van der Waals surface area contributed by atoms with Gasteiger partial charge in [-0.25, -0.2) is 9.59 Å². The molecule has 0 atom stereocenters. The maximum absolute atomic E-state index is 10.9. The van der Waals surface area contributed by atoms with Gasteiger partial charge in [-0.05, 0) is 18.2 Å². The molecule has 0 bridgehead atoms. The van der Waals surface area contributed by atoms with E-state index < -0.39 is 11.9 Å². The molecule has 5 nitrogen and oxygen atoms in total. The van der Waals surface area contributed by atoms with Crippen molar-refractivity contribution < 1.29 is 24.6 Å². The summed E-state index contributed by atoms with van der Waals surface area (Å²) in [7, 11) is 0. The first-order valence-corrected chi connectivity index (χ1v) is 6.62. The van der Waals surface area contributed by atoms with Gasteiger partial charge in [0.15, 0.2) is 5.12 Å². The summed E-state index contributed by atoms with van der Waals surface area (Å²) in [6.07, 6.45) is 0.462. The van der Waals surface area contributed by atoms with E-state index in [-0.39, 0.29) is 16.2 Å². The second kappa shape index (κ2) is 7.36. The van der Waals surface area contributed by atoms with E-state index in [0.29, 0.717) is 17.7 Å². The lowest BCUT2D eigenvalue weighted by Crippen LogP contribution is -2.03. The van der Waals surface area contributed by atoms with E-state index in [2.05, 4.69) is 11.8 Å². The molecule has 1 aromatic carbocycles. The highest BCUT2D eigenvalue weighted by Crippen LogP contribution is 2.10. The summed E-state index contributed by atoms with van der Waals surface area (Å²) in [6, 6.07) is 3.72. The van der Waals surface area contributed by atoms with E-state index in [1.165, 1.54) is 19.1 Å². The fourth-order valence-electron chi connectivity index (χ4n) is 1.36. The first-order valence-electron chi connectivity index (χ1n) is 5.64. The lowest BCUT2D eigenvalue weighted by Gasteiger charge is -2.00. The Bertz CT molecular complexity index is 577. The Morgan fingerprint density at radius 3 is 2.10 bits per heavy atom. The second-order valence-electron chi connectivity index (χ2n) is 3.80. The lowest BCUT2D eigenvalue weighted by molar-refractivity contribution is -0.109. The average molecular weight is 292 g/mol. The van der Waals surface area contributed by atoms with Crippen molar-refractivity contribution in [1.29, 1.82) is 0 Å². The fraction of sp³-hybridized carbons (Fsp3) is 0.214. The van der Waals surface area contributed by atoms with Crippen LogP contribution in [0.4, 0.5) is 0 Å². The summed E-state index contributed by atoms with van der Waals surface area (Å²) >= 11 is 1.15. The Balaban J connectivity index is 2.89. The highest BCUT2D eigenvalue weighted by atomic mass is 32.2. The topological polar surface area (TPSA) is 91.7 Å². The zero-order chi connectivity index (χ0) is 15.1. The number of carbonyl (C=O) groups is 3. The molecule has 2 N–H and O–H groups in total. The number of carbonyl (C=O) groups excluding carboxylic acids is 1. The summed E-state index contributed by atoms with van der Waals surface area (Å²) in [5.74, 6) is 3.63. The van der Waals surface area contributed by atoms with Crippen molar-refractivity contribution in [1.82, 2.24) is 0 Å². The second-order valence-corrected chi connectivity index (χ2v) is 5.07. The molecule has 0 spiro atoms. The number of aromatic carboxylic acids is 2. The van der Waals surface area contributed by atoms with E-state index in [1.54, 1.807) is 0 Å². The van der Waals surface area contributed by atoms with Crippen LogP contribution in [-0.2, 0) is 4.79 Å². The Hall–Kier alpha value is -2.26. The van der Waals surface area contributed by atoms with Crippen LogP contribution >= 0.6 is 11.8 Å². The Kier molecular flexibility index (Phi) is 5.81. The SMILES string of the molecule is CC(=O)SCCC#Cc1cc(C(=O)O)cc(C(=O)O)c1. The quantitative estimate of drug-likeness (QED) is 0.652. The maximum atomic E-state index is 10.9. The van der Waals surface area contributed by atoms with Crippen LogP contribution in [0.15, 0.2) is 18.2 Å². The number of carboxylic acid groups (broad SMARTS) is 2. The number of thioether (sulfide) groups is 1. The standard InChI is InChI=1S/C14H12O5S/c1-9(15)20-5-3-2-4-10-6-11(13(16)17)8-12(7-10)14(18)19/h6-8H,3,5H2,1H3,(H,16,17)(H,18,19). The van der Waals surface area contributed by atoms with Crippen LogP contribution in [0, 0.1) is 11.8 Å². The van der Waals surface area contributed by atoms with E-state index in [9.17, 15) is 14.4 Å². The zero-order valence-corrected chi connectivity index (χ0v) is 11.5. The van der Waals surface area contributed by atoms with Crippen molar-refractivity contribution in [3.8, 4) is 11.8 Å². The molecule has 0 aliphatic rings. The van der Waals surface area contributed by atoms with E-state index in [1.807, 2.05) is 0 Å². The number of benzene rings is 1. The molecule has 0 fully saturated rings. The van der Waals surface area contributed by atoms with Crippen LogP contribution < -0.4 is 0 Å². The lowest BCUT2D eigenvalue weighted by atomic mass is 10.1. The predicted molar refractivity (Wildman–Crippen MR) is 75.0 cm³/mol. The van der Waals surface area contributed by atoms with Gasteiger partial charge in [0.2, 0.25) is 0 Å². The molecular weight excluding hydrogens is 280 g/mol. The van der Waals surface area contributed by atoms with Gasteiger partial charge < -0.3 is 10.2 Å². The number of hydrogen-bond acceptors (Lipinski definition) is 4. The summed E-state index contributed by atoms with van der Waals surface area (Å²) in [4.78, 5) is 32.5. The molecule has 0 saturated carbocycles. The van der Waals surface area contributed by atoms with Crippen molar-refractivity contribution in [3.63, 3.8) is 0 Å². The number of rotatable bonds is 4. The van der Waals surface area contributed by atoms with Gasteiger partial charge >= 0.3 is 11.9 Å². The van der Waals surface area contributed by atoms with Crippen molar-refractivity contribution in [2.24, 2.45) is 0 Å². The maximum Gasteiger partial charge on any atom is 0.335 e. The third-order valence-corrected chi connectivity index (χ3v) is 3.01. The molecule has 6 heteroatoms. The Labute approximate surface area is 120 Å². The van der Waals surface area contributed by atoms with Crippen molar-refractivity contribution in [3.05, 3.63) is 34.9 Å². The monoisotopic (exact) mass is 292 g/mol. The summed E-state index contributed by atoms with van der Waals surface area (Å²) < 4.78 is 0. The van der Waals surface area contributed by atoms with Crippen LogP contribution in [-0.4, -0.2) is 33.0 Å². The van der Waals surface area contributed by atoms with E-state index in [4.69, 9.17) is 10.2 Å². The Morgan fingerprint density at radius 1 is 1.10 bits per heavy atom. The molecule has 0 amide bonds. The smallest absolute Gasteiger partial charge is 0.335 e. The highest BCUT2D eigenvalue weighted by Gasteiger charge is 2.10. The Morgan fingerprint density at radius 2 is 1.65 bits per heavy atom. The molecule has 1 aromatic rings. The minimum atomic E-state index is -1.21. The molecule has 0 saturated heterocycles. The molecule has 0 aliphatic carbocycles. The van der Waals surface area contributed by atoms with Gasteiger partial charge in [-0.3, -0.25) is 4.79 Å². The van der Waals surface area contributed by atoms with Crippen molar-refractivity contribution in [2.75, 3.05) is 5.75 Å². The minimum absolute atomic E-state index is 0.00726. The molecule has 0 heterocycles.